The molecule has 0 radical (unpaired) electrons. The zero-order chi connectivity index (χ0) is 13.9. The molecular formula is C14H15N3O2S. The van der Waals surface area contributed by atoms with Crippen LogP contribution in [0.2, 0.25) is 0 Å². The highest BCUT2D eigenvalue weighted by atomic mass is 32.1. The summed E-state index contributed by atoms with van der Waals surface area (Å²) < 4.78 is 5.66. The topological polar surface area (TPSA) is 68.5 Å². The summed E-state index contributed by atoms with van der Waals surface area (Å²) in [6.07, 6.45) is 0. The Morgan fingerprint density at radius 2 is 2.30 bits per heavy atom. The molecule has 6 heteroatoms. The van der Waals surface area contributed by atoms with E-state index in [0.717, 1.165) is 16.3 Å². The summed E-state index contributed by atoms with van der Waals surface area (Å²) >= 11 is 1.42. The van der Waals surface area contributed by atoms with Crippen molar-refractivity contribution in [3.05, 3.63) is 45.9 Å². The Labute approximate surface area is 121 Å². The second-order valence-corrected chi connectivity index (χ2v) is 5.46. The van der Waals surface area contributed by atoms with Crippen molar-refractivity contribution in [2.45, 2.75) is 13.1 Å². The first-order chi connectivity index (χ1) is 9.78. The quantitative estimate of drug-likeness (QED) is 0.912. The van der Waals surface area contributed by atoms with Gasteiger partial charge in [-0.3, -0.25) is 4.79 Å². The van der Waals surface area contributed by atoms with E-state index in [1.165, 1.54) is 11.3 Å². The van der Waals surface area contributed by atoms with Gasteiger partial charge < -0.3 is 15.4 Å². The molecule has 3 rings (SSSR count). The van der Waals surface area contributed by atoms with E-state index in [-0.39, 0.29) is 5.91 Å². The van der Waals surface area contributed by atoms with Crippen LogP contribution in [0.3, 0.4) is 0 Å². The van der Waals surface area contributed by atoms with Crippen molar-refractivity contribution in [2.75, 3.05) is 13.2 Å². The first-order valence-electron chi connectivity index (χ1n) is 6.42. The molecule has 1 aliphatic heterocycles. The molecule has 0 aliphatic carbocycles. The van der Waals surface area contributed by atoms with Crippen molar-refractivity contribution in [1.29, 1.82) is 0 Å². The van der Waals surface area contributed by atoms with E-state index in [4.69, 9.17) is 10.5 Å². The summed E-state index contributed by atoms with van der Waals surface area (Å²) in [5, 5.41) is 2.54. The fourth-order valence-electron chi connectivity index (χ4n) is 2.16. The smallest absolute Gasteiger partial charge is 0.273 e. The number of amides is 1. The molecule has 2 heterocycles. The number of carbonyl (C=O) groups excluding carboxylic acids is 1. The minimum Gasteiger partial charge on any atom is -0.491 e. The van der Waals surface area contributed by atoms with Gasteiger partial charge in [0.15, 0.2) is 0 Å². The molecule has 104 valence electrons. The maximum atomic E-state index is 12.5. The fraction of sp³-hybridized carbons (Fsp3) is 0.286. The lowest BCUT2D eigenvalue weighted by atomic mass is 10.2. The molecule has 0 spiro atoms. The third-order valence-electron chi connectivity index (χ3n) is 3.19. The first-order valence-corrected chi connectivity index (χ1v) is 7.30. The van der Waals surface area contributed by atoms with Crippen LogP contribution in [0.25, 0.3) is 0 Å². The Bertz CT molecular complexity index is 626. The second-order valence-electron chi connectivity index (χ2n) is 4.51. The number of thiazole rings is 1. The second kappa shape index (κ2) is 5.60. The molecule has 0 unspecified atom stereocenters. The van der Waals surface area contributed by atoms with Crippen molar-refractivity contribution in [3.63, 3.8) is 0 Å². The number of nitrogens with zero attached hydrogens (tertiary/aromatic N) is 2. The Balaban J connectivity index is 1.82. The largest absolute Gasteiger partial charge is 0.491 e. The minimum absolute atomic E-state index is 0.0683. The van der Waals surface area contributed by atoms with Gasteiger partial charge in [-0.2, -0.15) is 0 Å². The summed E-state index contributed by atoms with van der Waals surface area (Å²) in [5.74, 6) is 0.782. The highest BCUT2D eigenvalue weighted by Crippen LogP contribution is 2.23. The highest BCUT2D eigenvalue weighted by molar-refractivity contribution is 7.09. The van der Waals surface area contributed by atoms with E-state index in [2.05, 4.69) is 4.98 Å². The average molecular weight is 289 g/mol. The first kappa shape index (κ1) is 13.1. The molecule has 20 heavy (non-hydrogen) atoms. The van der Waals surface area contributed by atoms with Crippen molar-refractivity contribution < 1.29 is 9.53 Å². The van der Waals surface area contributed by atoms with Crippen LogP contribution in [0.1, 0.15) is 21.1 Å². The summed E-state index contributed by atoms with van der Waals surface area (Å²) in [4.78, 5) is 18.5. The van der Waals surface area contributed by atoms with Crippen LogP contribution >= 0.6 is 11.3 Å². The molecule has 5 nitrogen and oxygen atoms in total. The monoisotopic (exact) mass is 289 g/mol. The van der Waals surface area contributed by atoms with Gasteiger partial charge >= 0.3 is 0 Å². The standard InChI is InChI=1S/C14H15N3O2S/c15-7-13-16-11(9-20-13)14(18)17-5-6-19-12-4-2-1-3-10(12)8-17/h1-4,9H,5-8,15H2. The van der Waals surface area contributed by atoms with Gasteiger partial charge in [0.05, 0.1) is 6.54 Å². The number of fused-ring (bicyclic) bond motifs is 1. The molecule has 2 N–H and O–H groups in total. The number of hydrogen-bond acceptors (Lipinski definition) is 5. The van der Waals surface area contributed by atoms with E-state index >= 15 is 0 Å². The van der Waals surface area contributed by atoms with E-state index in [9.17, 15) is 4.79 Å². The lowest BCUT2D eigenvalue weighted by molar-refractivity contribution is 0.0728. The van der Waals surface area contributed by atoms with Gasteiger partial charge in [0, 0.05) is 24.0 Å². The minimum atomic E-state index is -0.0683. The van der Waals surface area contributed by atoms with Gasteiger partial charge in [-0.15, -0.1) is 11.3 Å². The van der Waals surface area contributed by atoms with Crippen LogP contribution in [0, 0.1) is 0 Å². The number of aromatic nitrogens is 1. The number of benzene rings is 1. The van der Waals surface area contributed by atoms with Crippen LogP contribution in [-0.4, -0.2) is 28.9 Å². The predicted octanol–water partition coefficient (Wildman–Crippen LogP) is 1.64. The molecule has 0 bridgehead atoms. The Hall–Kier alpha value is -1.92. The lowest BCUT2D eigenvalue weighted by Crippen LogP contribution is -2.32. The lowest BCUT2D eigenvalue weighted by Gasteiger charge is -2.18. The van der Waals surface area contributed by atoms with Gasteiger partial charge in [0.25, 0.3) is 5.91 Å². The van der Waals surface area contributed by atoms with Crippen LogP contribution in [0.5, 0.6) is 5.75 Å². The zero-order valence-corrected chi connectivity index (χ0v) is 11.7. The summed E-state index contributed by atoms with van der Waals surface area (Å²) in [6, 6.07) is 7.79. The van der Waals surface area contributed by atoms with Crippen LogP contribution < -0.4 is 10.5 Å². The van der Waals surface area contributed by atoms with Gasteiger partial charge in [0.1, 0.15) is 23.1 Å². The van der Waals surface area contributed by atoms with Crippen molar-refractivity contribution >= 4 is 17.2 Å². The van der Waals surface area contributed by atoms with Gasteiger partial charge in [0.2, 0.25) is 0 Å². The molecule has 0 fully saturated rings. The van der Waals surface area contributed by atoms with E-state index in [1.807, 2.05) is 24.3 Å². The predicted molar refractivity (Wildman–Crippen MR) is 76.7 cm³/mol. The molecule has 2 aromatic rings. The summed E-state index contributed by atoms with van der Waals surface area (Å²) in [7, 11) is 0. The number of para-hydroxylation sites is 1. The normalized spacial score (nSPS) is 14.3. The van der Waals surface area contributed by atoms with Gasteiger partial charge in [-0.25, -0.2) is 4.98 Å². The van der Waals surface area contributed by atoms with Gasteiger partial charge in [-0.1, -0.05) is 18.2 Å². The number of ether oxygens (including phenoxy) is 1. The molecule has 1 amide bonds. The third kappa shape index (κ3) is 2.52. The number of hydrogen-bond donors (Lipinski definition) is 1. The van der Waals surface area contributed by atoms with Crippen molar-refractivity contribution in [1.82, 2.24) is 9.88 Å². The van der Waals surface area contributed by atoms with Crippen LogP contribution in [0.15, 0.2) is 29.6 Å². The Kier molecular flexibility index (Phi) is 3.66. The average Bonchev–Trinajstić information content (AvgIpc) is 2.85. The molecular weight excluding hydrogens is 274 g/mol. The number of rotatable bonds is 2. The Morgan fingerprint density at radius 3 is 3.10 bits per heavy atom. The van der Waals surface area contributed by atoms with Crippen molar-refractivity contribution in [3.8, 4) is 5.75 Å². The molecule has 0 atom stereocenters. The summed E-state index contributed by atoms with van der Waals surface area (Å²) in [5.41, 5.74) is 7.02. The molecule has 1 aromatic heterocycles. The van der Waals surface area contributed by atoms with Gasteiger partial charge in [-0.05, 0) is 6.07 Å². The van der Waals surface area contributed by atoms with E-state index < -0.39 is 0 Å². The van der Waals surface area contributed by atoms with E-state index in [1.54, 1.807) is 10.3 Å². The van der Waals surface area contributed by atoms with Crippen LogP contribution in [0.4, 0.5) is 0 Å². The Morgan fingerprint density at radius 1 is 1.45 bits per heavy atom. The molecule has 0 saturated heterocycles. The maximum absolute atomic E-state index is 12.5. The van der Waals surface area contributed by atoms with Crippen molar-refractivity contribution in [2.24, 2.45) is 5.73 Å². The summed E-state index contributed by atoms with van der Waals surface area (Å²) in [6.45, 7) is 1.97. The zero-order valence-electron chi connectivity index (χ0n) is 10.9. The molecule has 1 aliphatic rings. The third-order valence-corrected chi connectivity index (χ3v) is 4.06. The number of carbonyl (C=O) groups is 1. The molecule has 0 saturated carbocycles. The molecule has 1 aromatic carbocycles. The van der Waals surface area contributed by atoms with E-state index in [0.29, 0.717) is 31.9 Å². The van der Waals surface area contributed by atoms with Crippen LogP contribution in [-0.2, 0) is 13.1 Å². The SMILES string of the molecule is NCc1nc(C(=O)N2CCOc3ccccc3C2)cs1. The maximum Gasteiger partial charge on any atom is 0.273 e. The number of nitrogens with two attached hydrogens (primary N) is 1. The highest BCUT2D eigenvalue weighted by Gasteiger charge is 2.22. The fourth-order valence-corrected chi connectivity index (χ4v) is 2.81.